The summed E-state index contributed by atoms with van der Waals surface area (Å²) in [6.07, 6.45) is 4.96. The largest absolute Gasteiger partial charge is 0.478 e. The summed E-state index contributed by atoms with van der Waals surface area (Å²) < 4.78 is 20.9. The Bertz CT molecular complexity index is 1010. The van der Waals surface area contributed by atoms with E-state index in [0.29, 0.717) is 5.92 Å². The van der Waals surface area contributed by atoms with E-state index in [4.69, 9.17) is 4.74 Å². The zero-order valence-electron chi connectivity index (χ0n) is 20.0. The lowest BCUT2D eigenvalue weighted by Gasteiger charge is -2.34. The maximum absolute atomic E-state index is 15.2. The van der Waals surface area contributed by atoms with Crippen molar-refractivity contribution in [2.75, 3.05) is 4.90 Å². The van der Waals surface area contributed by atoms with Crippen LogP contribution >= 0.6 is 0 Å². The van der Waals surface area contributed by atoms with E-state index in [1.807, 2.05) is 19.9 Å². The molecule has 1 heterocycles. The molecule has 1 aromatic carbocycles. The van der Waals surface area contributed by atoms with E-state index in [2.05, 4.69) is 11.9 Å². The van der Waals surface area contributed by atoms with Gasteiger partial charge in [0.1, 0.15) is 0 Å². The van der Waals surface area contributed by atoms with Crippen LogP contribution in [0.1, 0.15) is 82.1 Å². The molecule has 7 heteroatoms. The molecule has 0 atom stereocenters. The number of carboxylic acid groups (broad SMARTS) is 1. The van der Waals surface area contributed by atoms with Crippen molar-refractivity contribution in [1.82, 2.24) is 4.98 Å². The van der Waals surface area contributed by atoms with Gasteiger partial charge in [-0.1, -0.05) is 26.8 Å². The Balaban J connectivity index is 2.01. The minimum absolute atomic E-state index is 0.0519. The van der Waals surface area contributed by atoms with Gasteiger partial charge in [0.15, 0.2) is 11.6 Å². The van der Waals surface area contributed by atoms with Gasteiger partial charge in [0.05, 0.1) is 11.3 Å². The molecule has 178 valence electrons. The molecule has 6 nitrogen and oxygen atoms in total. The molecule has 1 saturated carbocycles. The first-order valence-corrected chi connectivity index (χ1v) is 11.6. The van der Waals surface area contributed by atoms with Crippen molar-refractivity contribution in [3.63, 3.8) is 0 Å². The Labute approximate surface area is 194 Å². The topological polar surface area (TPSA) is 79.7 Å². The molecule has 1 aromatic heterocycles. The number of aromatic nitrogens is 1. The summed E-state index contributed by atoms with van der Waals surface area (Å²) in [5.74, 6) is -1.69. The van der Waals surface area contributed by atoms with Gasteiger partial charge < -0.3 is 14.7 Å². The molecule has 1 N–H and O–H groups in total. The van der Waals surface area contributed by atoms with Crippen molar-refractivity contribution < 1.29 is 23.8 Å². The molecule has 3 rings (SSSR count). The van der Waals surface area contributed by atoms with Gasteiger partial charge in [-0.25, -0.2) is 14.2 Å². The number of rotatable bonds is 7. The first kappa shape index (κ1) is 24.7. The molecule has 0 radical (unpaired) electrons. The average Bonchev–Trinajstić information content (AvgIpc) is 2.75. The molecule has 1 aliphatic carbocycles. The van der Waals surface area contributed by atoms with Crippen LogP contribution in [0, 0.1) is 17.7 Å². The second-order valence-electron chi connectivity index (χ2n) is 9.52. The van der Waals surface area contributed by atoms with Gasteiger partial charge in [-0.15, -0.1) is 0 Å². The number of carbonyl (C=O) groups excluding carboxylic acids is 1. The monoisotopic (exact) mass is 456 g/mol. The third kappa shape index (κ3) is 5.52. The number of benzene rings is 1. The number of carbonyl (C=O) groups is 2. The van der Waals surface area contributed by atoms with E-state index in [0.717, 1.165) is 43.4 Å². The van der Waals surface area contributed by atoms with Crippen LogP contribution in [0.3, 0.4) is 0 Å². The highest BCUT2D eigenvalue weighted by atomic mass is 19.1. The van der Waals surface area contributed by atoms with E-state index in [1.54, 1.807) is 19.9 Å². The average molecular weight is 457 g/mol. The highest BCUT2D eigenvalue weighted by Crippen LogP contribution is 2.37. The summed E-state index contributed by atoms with van der Waals surface area (Å²) in [5.41, 5.74) is 0.652. The molecule has 1 fully saturated rings. The van der Waals surface area contributed by atoms with E-state index < -0.39 is 11.8 Å². The minimum Gasteiger partial charge on any atom is -0.478 e. The first-order chi connectivity index (χ1) is 15.6. The van der Waals surface area contributed by atoms with Gasteiger partial charge in [-0.05, 0) is 57.4 Å². The fourth-order valence-electron chi connectivity index (χ4n) is 4.38. The van der Waals surface area contributed by atoms with E-state index in [-0.39, 0.29) is 46.7 Å². The molecule has 1 aliphatic rings. The summed E-state index contributed by atoms with van der Waals surface area (Å²) >= 11 is 0. The number of pyridine rings is 1. The van der Waals surface area contributed by atoms with Crippen molar-refractivity contribution in [2.45, 2.75) is 72.3 Å². The molecular weight excluding hydrogens is 423 g/mol. The SMILES string of the molecule is CC1CCC(C(=O)N(c2cc(F)c(Oc3ncccc3C(C)C)cc2C(=O)O)C(C)C)CC1. The lowest BCUT2D eigenvalue weighted by Crippen LogP contribution is -2.43. The number of aromatic carboxylic acids is 1. The molecule has 0 bridgehead atoms. The van der Waals surface area contributed by atoms with Crippen molar-refractivity contribution in [3.8, 4) is 11.6 Å². The lowest BCUT2D eigenvalue weighted by atomic mass is 9.82. The maximum Gasteiger partial charge on any atom is 0.337 e. The zero-order chi connectivity index (χ0) is 24.3. The fraction of sp³-hybridized carbons (Fsp3) is 0.500. The normalized spacial score (nSPS) is 18.4. The first-order valence-electron chi connectivity index (χ1n) is 11.6. The van der Waals surface area contributed by atoms with Crippen LogP contribution in [0.4, 0.5) is 10.1 Å². The number of hydrogen-bond donors (Lipinski definition) is 1. The van der Waals surface area contributed by atoms with Crippen LogP contribution in [-0.4, -0.2) is 28.0 Å². The summed E-state index contributed by atoms with van der Waals surface area (Å²) in [6.45, 7) is 9.71. The highest BCUT2D eigenvalue weighted by molar-refractivity contribution is 6.03. The number of ether oxygens (including phenoxy) is 1. The third-order valence-electron chi connectivity index (χ3n) is 6.29. The van der Waals surface area contributed by atoms with Crippen LogP contribution in [-0.2, 0) is 4.79 Å². The Morgan fingerprint density at radius 3 is 2.39 bits per heavy atom. The number of anilines is 1. The highest BCUT2D eigenvalue weighted by Gasteiger charge is 2.33. The van der Waals surface area contributed by atoms with Crippen LogP contribution in [0.25, 0.3) is 0 Å². The molecular formula is C26H33FN2O4. The second-order valence-corrected chi connectivity index (χ2v) is 9.52. The van der Waals surface area contributed by atoms with Crippen molar-refractivity contribution in [3.05, 3.63) is 47.4 Å². The number of amides is 1. The van der Waals surface area contributed by atoms with Crippen LogP contribution < -0.4 is 9.64 Å². The van der Waals surface area contributed by atoms with Gasteiger partial charge >= 0.3 is 5.97 Å². The second kappa shape index (κ2) is 10.3. The van der Waals surface area contributed by atoms with Crippen LogP contribution in [0.5, 0.6) is 11.6 Å². The van der Waals surface area contributed by atoms with Crippen molar-refractivity contribution in [1.29, 1.82) is 0 Å². The number of carboxylic acids is 1. The standard InChI is InChI=1S/C26H33FN2O4/c1-15(2)19-7-6-12-28-24(19)33-23-13-20(26(31)32)22(14-21(23)27)29(16(3)4)25(30)18-10-8-17(5)9-11-18/h6-7,12-18H,8-11H2,1-5H3,(H,31,32). The fourth-order valence-corrected chi connectivity index (χ4v) is 4.38. The third-order valence-corrected chi connectivity index (χ3v) is 6.29. The van der Waals surface area contributed by atoms with E-state index >= 15 is 4.39 Å². The van der Waals surface area contributed by atoms with E-state index in [9.17, 15) is 14.7 Å². The van der Waals surface area contributed by atoms with Gasteiger partial charge in [0, 0.05) is 35.9 Å². The molecule has 0 unspecified atom stereocenters. The smallest absolute Gasteiger partial charge is 0.337 e. The van der Waals surface area contributed by atoms with Gasteiger partial charge in [0.25, 0.3) is 0 Å². The van der Waals surface area contributed by atoms with Crippen LogP contribution in [0.15, 0.2) is 30.5 Å². The predicted octanol–water partition coefficient (Wildman–Crippen LogP) is 6.40. The molecule has 1 amide bonds. The lowest BCUT2D eigenvalue weighted by molar-refractivity contribution is -0.123. The molecule has 0 spiro atoms. The molecule has 0 aliphatic heterocycles. The zero-order valence-corrected chi connectivity index (χ0v) is 20.0. The Morgan fingerprint density at radius 2 is 1.82 bits per heavy atom. The summed E-state index contributed by atoms with van der Waals surface area (Å²) in [5, 5.41) is 9.92. The minimum atomic E-state index is -1.25. The van der Waals surface area contributed by atoms with Gasteiger partial charge in [-0.3, -0.25) is 4.79 Å². The van der Waals surface area contributed by atoms with Gasteiger partial charge in [0.2, 0.25) is 11.8 Å². The van der Waals surface area contributed by atoms with Crippen molar-refractivity contribution in [2.24, 2.45) is 11.8 Å². The van der Waals surface area contributed by atoms with Gasteiger partial charge in [-0.2, -0.15) is 0 Å². The quantitative estimate of drug-likeness (QED) is 0.521. The maximum atomic E-state index is 15.2. The predicted molar refractivity (Wildman–Crippen MR) is 126 cm³/mol. The molecule has 2 aromatic rings. The number of hydrogen-bond acceptors (Lipinski definition) is 4. The summed E-state index contributed by atoms with van der Waals surface area (Å²) in [4.78, 5) is 31.2. The Hall–Kier alpha value is -2.96. The Kier molecular flexibility index (Phi) is 7.72. The van der Waals surface area contributed by atoms with Crippen LogP contribution in [0.2, 0.25) is 0 Å². The number of nitrogens with zero attached hydrogens (tertiary/aromatic N) is 2. The van der Waals surface area contributed by atoms with E-state index in [1.165, 1.54) is 11.1 Å². The van der Waals surface area contributed by atoms with Crippen molar-refractivity contribution >= 4 is 17.6 Å². The molecule has 0 saturated heterocycles. The summed E-state index contributed by atoms with van der Waals surface area (Å²) in [7, 11) is 0. The molecule has 33 heavy (non-hydrogen) atoms. The summed E-state index contributed by atoms with van der Waals surface area (Å²) in [6, 6.07) is 5.52. The Morgan fingerprint density at radius 1 is 1.15 bits per heavy atom. The number of halogens is 1.